The van der Waals surface area contributed by atoms with Crippen LogP contribution in [0.4, 0.5) is 0 Å². The fourth-order valence-corrected chi connectivity index (χ4v) is 4.48. The first kappa shape index (κ1) is 9.61. The van der Waals surface area contributed by atoms with Gasteiger partial charge in [-0.3, -0.25) is 4.79 Å². The highest BCUT2D eigenvalue weighted by Crippen LogP contribution is 2.34. The van der Waals surface area contributed by atoms with E-state index in [1.807, 2.05) is 13.0 Å². The minimum Gasteiger partial charge on any atom is -0.293 e. The van der Waals surface area contributed by atoms with Gasteiger partial charge in [-0.25, -0.2) is 0 Å². The van der Waals surface area contributed by atoms with E-state index in [4.69, 9.17) is 0 Å². The molecule has 0 amide bonds. The van der Waals surface area contributed by atoms with E-state index in [-0.39, 0.29) is 5.78 Å². The maximum Gasteiger partial charge on any atom is 0.172 e. The first-order chi connectivity index (χ1) is 6.20. The number of rotatable bonds is 2. The lowest BCUT2D eigenvalue weighted by Gasteiger charge is -1.87. The molecule has 0 saturated heterocycles. The lowest BCUT2D eigenvalue weighted by atomic mass is 10.3. The van der Waals surface area contributed by atoms with Gasteiger partial charge in [-0.05, 0) is 34.7 Å². The second-order valence-electron chi connectivity index (χ2n) is 2.67. The molecular weight excluding hydrogens is 315 g/mol. The molecule has 0 bridgehead atoms. The van der Waals surface area contributed by atoms with Gasteiger partial charge in [-0.1, -0.05) is 6.92 Å². The topological polar surface area (TPSA) is 17.1 Å². The third-order valence-corrected chi connectivity index (χ3v) is 4.87. The summed E-state index contributed by atoms with van der Waals surface area (Å²) in [6.45, 7) is 1.90. The molecule has 68 valence electrons. The van der Waals surface area contributed by atoms with Crippen molar-refractivity contribution < 1.29 is 4.79 Å². The van der Waals surface area contributed by atoms with Crippen molar-refractivity contribution in [2.75, 3.05) is 0 Å². The summed E-state index contributed by atoms with van der Waals surface area (Å²) >= 11 is 5.66. The molecule has 0 spiro atoms. The first-order valence-corrected chi connectivity index (χ1v) is 6.64. The van der Waals surface area contributed by atoms with Gasteiger partial charge < -0.3 is 0 Å². The van der Waals surface area contributed by atoms with Crippen molar-refractivity contribution in [3.8, 4) is 0 Å². The van der Waals surface area contributed by atoms with Crippen LogP contribution in [0.5, 0.6) is 0 Å². The molecule has 2 heterocycles. The molecule has 2 aromatic heterocycles. The number of ketones is 1. The van der Waals surface area contributed by atoms with Gasteiger partial charge in [-0.2, -0.15) is 0 Å². The molecule has 0 fully saturated rings. The number of thiophene rings is 2. The van der Waals surface area contributed by atoms with E-state index in [0.29, 0.717) is 6.42 Å². The average Bonchev–Trinajstić information content (AvgIpc) is 2.59. The summed E-state index contributed by atoms with van der Waals surface area (Å²) in [5.41, 5.74) is 0. The maximum absolute atomic E-state index is 11.4. The molecule has 0 aliphatic carbocycles. The Labute approximate surface area is 97.9 Å². The van der Waals surface area contributed by atoms with E-state index in [9.17, 15) is 4.79 Å². The normalized spacial score (nSPS) is 10.9. The number of carbonyl (C=O) groups is 1. The van der Waals surface area contributed by atoms with E-state index in [2.05, 4.69) is 28.7 Å². The summed E-state index contributed by atoms with van der Waals surface area (Å²) in [6, 6.07) is 4.15. The van der Waals surface area contributed by atoms with Crippen LogP contribution >= 0.6 is 45.3 Å². The Morgan fingerprint density at radius 1 is 1.38 bits per heavy atom. The van der Waals surface area contributed by atoms with Gasteiger partial charge >= 0.3 is 0 Å². The Bertz CT molecular complexity index is 424. The average molecular weight is 322 g/mol. The van der Waals surface area contributed by atoms with Crippen LogP contribution in [0.25, 0.3) is 9.40 Å². The van der Waals surface area contributed by atoms with Gasteiger partial charge in [0.15, 0.2) is 5.78 Å². The predicted octanol–water partition coefficient (Wildman–Crippen LogP) is 4.16. The summed E-state index contributed by atoms with van der Waals surface area (Å²) in [5, 5.41) is 0. The first-order valence-electron chi connectivity index (χ1n) is 3.92. The summed E-state index contributed by atoms with van der Waals surface area (Å²) in [4.78, 5) is 12.3. The van der Waals surface area contributed by atoms with Crippen LogP contribution in [0.3, 0.4) is 0 Å². The van der Waals surface area contributed by atoms with Crippen LogP contribution in [-0.4, -0.2) is 5.78 Å². The molecule has 4 heteroatoms. The van der Waals surface area contributed by atoms with Crippen LogP contribution in [0, 0.1) is 2.88 Å². The number of halogens is 1. The zero-order valence-corrected chi connectivity index (χ0v) is 10.8. The second-order valence-corrected chi connectivity index (χ2v) is 6.73. The van der Waals surface area contributed by atoms with Crippen LogP contribution in [0.15, 0.2) is 12.1 Å². The molecule has 13 heavy (non-hydrogen) atoms. The molecule has 0 saturated carbocycles. The molecule has 0 aliphatic heterocycles. The van der Waals surface area contributed by atoms with Crippen LogP contribution in [-0.2, 0) is 0 Å². The molecule has 1 nitrogen and oxygen atoms in total. The number of carbonyl (C=O) groups excluding carboxylic acids is 1. The van der Waals surface area contributed by atoms with Gasteiger partial charge in [0.2, 0.25) is 0 Å². The Balaban J connectivity index is 2.51. The molecule has 0 aromatic carbocycles. The molecular formula is C9H7IOS2. The molecule has 0 atom stereocenters. The van der Waals surface area contributed by atoms with Gasteiger partial charge in [0.25, 0.3) is 0 Å². The number of hydrogen-bond donors (Lipinski definition) is 0. The van der Waals surface area contributed by atoms with Crippen molar-refractivity contribution in [1.82, 2.24) is 0 Å². The van der Waals surface area contributed by atoms with Crippen LogP contribution < -0.4 is 0 Å². The van der Waals surface area contributed by atoms with Gasteiger partial charge in [0.1, 0.15) is 0 Å². The van der Waals surface area contributed by atoms with Crippen molar-refractivity contribution in [2.45, 2.75) is 13.3 Å². The maximum atomic E-state index is 11.4. The zero-order valence-electron chi connectivity index (χ0n) is 6.96. The van der Waals surface area contributed by atoms with Gasteiger partial charge in [-0.15, -0.1) is 22.7 Å². The predicted molar refractivity (Wildman–Crippen MR) is 67.0 cm³/mol. The van der Waals surface area contributed by atoms with Crippen LogP contribution in [0.1, 0.15) is 23.0 Å². The Hall–Kier alpha value is 0.0600. The van der Waals surface area contributed by atoms with Crippen LogP contribution in [0.2, 0.25) is 0 Å². The van der Waals surface area contributed by atoms with Gasteiger partial charge in [0, 0.05) is 15.8 Å². The Morgan fingerprint density at radius 3 is 2.69 bits per heavy atom. The van der Waals surface area contributed by atoms with Crippen molar-refractivity contribution in [2.24, 2.45) is 0 Å². The van der Waals surface area contributed by atoms with Crippen molar-refractivity contribution in [3.05, 3.63) is 19.9 Å². The Morgan fingerprint density at radius 2 is 2.08 bits per heavy atom. The van der Waals surface area contributed by atoms with Crippen molar-refractivity contribution >= 4 is 60.4 Å². The fourth-order valence-electron chi connectivity index (χ4n) is 1.12. The SMILES string of the molecule is CCC(=O)c1cc2sc(I)cc2s1. The van der Waals surface area contributed by atoms with Gasteiger partial charge in [0.05, 0.1) is 7.76 Å². The quantitative estimate of drug-likeness (QED) is 0.599. The summed E-state index contributed by atoms with van der Waals surface area (Å²) < 4.78 is 3.77. The van der Waals surface area contributed by atoms with Crippen molar-refractivity contribution in [1.29, 1.82) is 0 Å². The third-order valence-electron chi connectivity index (χ3n) is 1.77. The standard InChI is InChI=1S/C9H7IOS2/c1-2-5(11)6-3-7-8(12-6)4-9(10)13-7/h3-4H,2H2,1H3. The lowest BCUT2D eigenvalue weighted by molar-refractivity contribution is 0.0992. The molecule has 0 unspecified atom stereocenters. The minimum absolute atomic E-state index is 0.253. The molecule has 0 radical (unpaired) electrons. The highest BCUT2D eigenvalue weighted by molar-refractivity contribution is 14.1. The molecule has 0 aliphatic rings. The van der Waals surface area contributed by atoms with E-state index >= 15 is 0 Å². The summed E-state index contributed by atoms with van der Waals surface area (Å²) in [7, 11) is 0. The summed E-state index contributed by atoms with van der Waals surface area (Å²) in [5.74, 6) is 0.253. The Kier molecular flexibility index (Phi) is 2.71. The number of hydrogen-bond acceptors (Lipinski definition) is 3. The van der Waals surface area contributed by atoms with E-state index in [0.717, 1.165) is 4.88 Å². The lowest BCUT2D eigenvalue weighted by Crippen LogP contribution is -1.90. The number of Topliss-reactive ketones (excluding diaryl/α,β-unsaturated/α-hetero) is 1. The second kappa shape index (κ2) is 3.67. The smallest absolute Gasteiger partial charge is 0.172 e. The van der Waals surface area contributed by atoms with E-state index in [1.165, 1.54) is 12.3 Å². The molecule has 2 aromatic rings. The minimum atomic E-state index is 0.253. The highest BCUT2D eigenvalue weighted by Gasteiger charge is 2.09. The molecule has 2 rings (SSSR count). The highest BCUT2D eigenvalue weighted by atomic mass is 127. The van der Waals surface area contributed by atoms with E-state index in [1.54, 1.807) is 22.7 Å². The monoisotopic (exact) mass is 322 g/mol. The van der Waals surface area contributed by atoms with Crippen molar-refractivity contribution in [3.63, 3.8) is 0 Å². The third kappa shape index (κ3) is 1.80. The zero-order chi connectivity index (χ0) is 9.42. The largest absolute Gasteiger partial charge is 0.293 e. The fraction of sp³-hybridized carbons (Fsp3) is 0.222. The summed E-state index contributed by atoms with van der Waals surface area (Å²) in [6.07, 6.45) is 0.602. The molecule has 0 N–H and O–H groups in total. The number of fused-ring (bicyclic) bond motifs is 1. The van der Waals surface area contributed by atoms with E-state index < -0.39 is 0 Å².